The number of aryl methyl sites for hydroxylation is 1. The van der Waals surface area contributed by atoms with Gasteiger partial charge in [0.1, 0.15) is 0 Å². The Morgan fingerprint density at radius 3 is 2.64 bits per heavy atom. The lowest BCUT2D eigenvalue weighted by Crippen LogP contribution is -2.25. The molecular weight excluding hydrogens is 282 g/mol. The SMILES string of the molecule is CN(CCCCNC(=O)c1cc(=O)n(C)o1)c1ccccc1. The predicted octanol–water partition coefficient (Wildman–Crippen LogP) is 1.62. The smallest absolute Gasteiger partial charge is 0.289 e. The number of aromatic nitrogens is 1. The zero-order valence-corrected chi connectivity index (χ0v) is 12.9. The quantitative estimate of drug-likeness (QED) is 0.789. The van der Waals surface area contributed by atoms with Crippen molar-refractivity contribution in [2.75, 3.05) is 25.0 Å². The van der Waals surface area contributed by atoms with Crippen molar-refractivity contribution in [1.82, 2.24) is 10.1 Å². The third-order valence-electron chi connectivity index (χ3n) is 3.43. The van der Waals surface area contributed by atoms with E-state index in [1.54, 1.807) is 0 Å². The van der Waals surface area contributed by atoms with Gasteiger partial charge >= 0.3 is 0 Å². The van der Waals surface area contributed by atoms with Gasteiger partial charge in [0.2, 0.25) is 5.76 Å². The molecule has 2 rings (SSSR count). The van der Waals surface area contributed by atoms with Crippen molar-refractivity contribution in [3.8, 4) is 0 Å². The van der Waals surface area contributed by atoms with Crippen LogP contribution in [0.3, 0.4) is 0 Å². The van der Waals surface area contributed by atoms with Gasteiger partial charge in [-0.15, -0.1) is 0 Å². The molecule has 0 atom stereocenters. The van der Waals surface area contributed by atoms with Crippen LogP contribution < -0.4 is 15.8 Å². The highest BCUT2D eigenvalue weighted by Crippen LogP contribution is 2.11. The van der Waals surface area contributed by atoms with E-state index >= 15 is 0 Å². The van der Waals surface area contributed by atoms with E-state index in [0.29, 0.717) is 6.54 Å². The number of para-hydroxylation sites is 1. The van der Waals surface area contributed by atoms with Crippen LogP contribution in [0.4, 0.5) is 5.69 Å². The van der Waals surface area contributed by atoms with E-state index in [2.05, 4.69) is 22.3 Å². The molecule has 0 saturated heterocycles. The molecule has 2 aromatic rings. The van der Waals surface area contributed by atoms with E-state index in [1.165, 1.54) is 18.8 Å². The number of nitrogens with one attached hydrogen (secondary N) is 1. The second kappa shape index (κ2) is 7.49. The minimum atomic E-state index is -0.353. The summed E-state index contributed by atoms with van der Waals surface area (Å²) in [5.41, 5.74) is 0.854. The van der Waals surface area contributed by atoms with Crippen LogP contribution >= 0.6 is 0 Å². The third kappa shape index (κ3) is 4.25. The summed E-state index contributed by atoms with van der Waals surface area (Å²) in [5.74, 6) is -0.303. The second-order valence-electron chi connectivity index (χ2n) is 5.16. The van der Waals surface area contributed by atoms with Gasteiger partial charge in [0.05, 0.1) is 6.07 Å². The van der Waals surface area contributed by atoms with Gasteiger partial charge in [-0.2, -0.15) is 4.74 Å². The van der Waals surface area contributed by atoms with Crippen LogP contribution in [-0.4, -0.2) is 30.8 Å². The highest BCUT2D eigenvalue weighted by molar-refractivity contribution is 5.91. The van der Waals surface area contributed by atoms with E-state index < -0.39 is 0 Å². The lowest BCUT2D eigenvalue weighted by molar-refractivity contribution is 0.0903. The van der Waals surface area contributed by atoms with Gasteiger partial charge in [-0.05, 0) is 25.0 Å². The molecule has 0 aliphatic heterocycles. The number of hydrogen-bond acceptors (Lipinski definition) is 4. The van der Waals surface area contributed by atoms with Gasteiger partial charge in [0.15, 0.2) is 0 Å². The van der Waals surface area contributed by atoms with Crippen molar-refractivity contribution in [2.24, 2.45) is 7.05 Å². The molecule has 0 fully saturated rings. The Morgan fingerprint density at radius 2 is 2.00 bits per heavy atom. The molecule has 1 N–H and O–H groups in total. The van der Waals surface area contributed by atoms with E-state index in [9.17, 15) is 9.59 Å². The summed E-state index contributed by atoms with van der Waals surface area (Å²) in [6.07, 6.45) is 1.82. The third-order valence-corrected chi connectivity index (χ3v) is 3.43. The molecule has 1 heterocycles. The molecule has 0 spiro atoms. The summed E-state index contributed by atoms with van der Waals surface area (Å²) in [6, 6.07) is 11.4. The van der Waals surface area contributed by atoms with Crippen LogP contribution in [0.5, 0.6) is 0 Å². The fourth-order valence-corrected chi connectivity index (χ4v) is 2.10. The highest BCUT2D eigenvalue weighted by Gasteiger charge is 2.11. The Balaban J connectivity index is 1.67. The van der Waals surface area contributed by atoms with Gasteiger partial charge in [-0.3, -0.25) is 9.59 Å². The van der Waals surface area contributed by atoms with Gasteiger partial charge in [-0.25, -0.2) is 0 Å². The van der Waals surface area contributed by atoms with Crippen molar-refractivity contribution >= 4 is 11.6 Å². The maximum Gasteiger partial charge on any atom is 0.289 e. The highest BCUT2D eigenvalue weighted by atomic mass is 16.5. The number of carbonyl (C=O) groups is 1. The standard InChI is InChI=1S/C16H21N3O3/c1-18(13-8-4-3-5-9-13)11-7-6-10-17-16(21)14-12-15(20)19(2)22-14/h3-5,8-9,12H,6-7,10-11H2,1-2H3,(H,17,21). The molecule has 0 bridgehead atoms. The largest absolute Gasteiger partial charge is 0.375 e. The van der Waals surface area contributed by atoms with Crippen LogP contribution in [0.1, 0.15) is 23.4 Å². The molecule has 6 nitrogen and oxygen atoms in total. The Labute approximate surface area is 129 Å². The summed E-state index contributed by atoms with van der Waals surface area (Å²) in [4.78, 5) is 25.2. The lowest BCUT2D eigenvalue weighted by Gasteiger charge is -2.18. The number of rotatable bonds is 7. The number of anilines is 1. The zero-order valence-electron chi connectivity index (χ0n) is 12.9. The van der Waals surface area contributed by atoms with Crippen molar-refractivity contribution < 1.29 is 9.32 Å². The van der Waals surface area contributed by atoms with Gasteiger partial charge < -0.3 is 14.7 Å². The first kappa shape index (κ1) is 15.9. The normalized spacial score (nSPS) is 10.5. The van der Waals surface area contributed by atoms with E-state index in [-0.39, 0.29) is 17.2 Å². The maximum absolute atomic E-state index is 11.8. The van der Waals surface area contributed by atoms with Crippen molar-refractivity contribution in [3.05, 3.63) is 52.5 Å². The van der Waals surface area contributed by atoms with Crippen LogP contribution in [0.15, 0.2) is 45.7 Å². The van der Waals surface area contributed by atoms with Gasteiger partial charge in [0.25, 0.3) is 11.5 Å². The Kier molecular flexibility index (Phi) is 5.41. The summed E-state index contributed by atoms with van der Waals surface area (Å²) < 4.78 is 6.04. The van der Waals surface area contributed by atoms with Crippen molar-refractivity contribution in [1.29, 1.82) is 0 Å². The topological polar surface area (TPSA) is 67.5 Å². The molecule has 0 saturated carbocycles. The second-order valence-corrected chi connectivity index (χ2v) is 5.16. The maximum atomic E-state index is 11.8. The Hall–Kier alpha value is -2.50. The van der Waals surface area contributed by atoms with Crippen LogP contribution in [0.2, 0.25) is 0 Å². The summed E-state index contributed by atoms with van der Waals surface area (Å²) in [7, 11) is 3.52. The minimum Gasteiger partial charge on any atom is -0.375 e. The average Bonchev–Trinajstić information content (AvgIpc) is 2.87. The first-order valence-electron chi connectivity index (χ1n) is 7.29. The number of carbonyl (C=O) groups excluding carboxylic acids is 1. The summed E-state index contributed by atoms with van der Waals surface area (Å²) in [5, 5.41) is 2.75. The number of benzene rings is 1. The molecule has 1 amide bonds. The van der Waals surface area contributed by atoms with Crippen LogP contribution in [-0.2, 0) is 7.05 Å². The zero-order chi connectivity index (χ0) is 15.9. The van der Waals surface area contributed by atoms with Crippen molar-refractivity contribution in [3.63, 3.8) is 0 Å². The van der Waals surface area contributed by atoms with E-state index in [1.807, 2.05) is 25.2 Å². The first-order valence-corrected chi connectivity index (χ1v) is 7.29. The molecule has 22 heavy (non-hydrogen) atoms. The predicted molar refractivity (Wildman–Crippen MR) is 85.2 cm³/mol. The fraction of sp³-hybridized carbons (Fsp3) is 0.375. The van der Waals surface area contributed by atoms with Crippen LogP contribution in [0.25, 0.3) is 0 Å². The molecule has 0 aliphatic rings. The molecule has 1 aromatic carbocycles. The summed E-state index contributed by atoms with van der Waals surface area (Å²) >= 11 is 0. The molecule has 1 aromatic heterocycles. The van der Waals surface area contributed by atoms with E-state index in [0.717, 1.165) is 24.1 Å². The minimum absolute atomic E-state index is 0.0499. The average molecular weight is 303 g/mol. The fourth-order valence-electron chi connectivity index (χ4n) is 2.10. The Bertz CT molecular complexity index is 661. The molecule has 118 valence electrons. The van der Waals surface area contributed by atoms with Crippen molar-refractivity contribution in [2.45, 2.75) is 12.8 Å². The number of unbranched alkanes of at least 4 members (excludes halogenated alkanes) is 1. The molecule has 0 unspecified atom stereocenters. The first-order chi connectivity index (χ1) is 10.6. The van der Waals surface area contributed by atoms with E-state index in [4.69, 9.17) is 4.52 Å². The number of nitrogens with zero attached hydrogens (tertiary/aromatic N) is 2. The number of amides is 1. The van der Waals surface area contributed by atoms with Crippen LogP contribution in [0, 0.1) is 0 Å². The molecule has 6 heteroatoms. The van der Waals surface area contributed by atoms with Gasteiger partial charge in [0, 0.05) is 32.9 Å². The number of hydrogen-bond donors (Lipinski definition) is 1. The molecular formula is C16H21N3O3. The monoisotopic (exact) mass is 303 g/mol. The molecule has 0 radical (unpaired) electrons. The molecule has 0 aliphatic carbocycles. The van der Waals surface area contributed by atoms with Gasteiger partial charge in [-0.1, -0.05) is 18.2 Å². The Morgan fingerprint density at radius 1 is 1.27 bits per heavy atom. The lowest BCUT2D eigenvalue weighted by atomic mass is 10.2. The summed E-state index contributed by atoms with van der Waals surface area (Å²) in [6.45, 7) is 1.47.